The molecule has 0 N–H and O–H groups in total. The van der Waals surface area contributed by atoms with E-state index in [1.54, 1.807) is 14.2 Å². The summed E-state index contributed by atoms with van der Waals surface area (Å²) in [5, 5.41) is 0. The minimum absolute atomic E-state index is 0.00907. The second-order valence-corrected chi connectivity index (χ2v) is 9.29. The Hall–Kier alpha value is 1.01. The minimum Gasteiger partial charge on any atom is -0.379 e. The molecule has 0 rings (SSSR count). The number of methoxy groups -OCH3 is 2. The lowest BCUT2D eigenvalue weighted by atomic mass is 10.2. The molecule has 0 aliphatic heterocycles. The van der Waals surface area contributed by atoms with Gasteiger partial charge < -0.3 is 14.2 Å². The quantitative estimate of drug-likeness (QED) is 0.424. The van der Waals surface area contributed by atoms with E-state index in [0.717, 1.165) is 22.2 Å². The number of hydrogen-bond acceptors (Lipinski definition) is 5. The van der Waals surface area contributed by atoms with Gasteiger partial charge >= 0.3 is 0 Å². The van der Waals surface area contributed by atoms with E-state index in [0.29, 0.717) is 0 Å². The van der Waals surface area contributed by atoms with Gasteiger partial charge in [-0.2, -0.15) is 24.7 Å². The Morgan fingerprint density at radius 3 is 1.81 bits per heavy atom. The van der Waals surface area contributed by atoms with Crippen molar-refractivity contribution in [1.82, 2.24) is 0 Å². The van der Waals surface area contributed by atoms with E-state index in [4.69, 9.17) is 14.2 Å². The zero-order chi connectivity index (χ0) is 13.2. The van der Waals surface area contributed by atoms with Gasteiger partial charge in [0.2, 0.25) is 0 Å². The SMILES string of the molecule is CC(C)(CS)OC[SiH3].COC(OC)[SiH](C)S. The van der Waals surface area contributed by atoms with Crippen LogP contribution >= 0.6 is 24.7 Å². The molecule has 0 amide bonds. The van der Waals surface area contributed by atoms with Crippen molar-refractivity contribution in [3.05, 3.63) is 0 Å². The predicted octanol–water partition coefficient (Wildman–Crippen LogP) is 0.462. The van der Waals surface area contributed by atoms with Gasteiger partial charge in [-0.3, -0.25) is 0 Å². The van der Waals surface area contributed by atoms with Crippen LogP contribution in [0.25, 0.3) is 0 Å². The molecule has 1 unspecified atom stereocenters. The number of hydrogen-bond donors (Lipinski definition) is 2. The molecular weight excluding hydrogens is 276 g/mol. The van der Waals surface area contributed by atoms with Crippen LogP contribution in [0.15, 0.2) is 0 Å². The van der Waals surface area contributed by atoms with Crippen LogP contribution in [0.5, 0.6) is 0 Å². The lowest BCUT2D eigenvalue weighted by molar-refractivity contribution is -0.0445. The fraction of sp³-hybridized carbons (Fsp3) is 1.00. The molecule has 16 heavy (non-hydrogen) atoms. The lowest BCUT2D eigenvalue weighted by Gasteiger charge is -2.21. The van der Waals surface area contributed by atoms with E-state index >= 15 is 0 Å². The van der Waals surface area contributed by atoms with Crippen LogP contribution in [0, 0.1) is 0 Å². The molecule has 0 aromatic rings. The first-order valence-electron chi connectivity index (χ1n) is 5.33. The number of thiol groups is 2. The van der Waals surface area contributed by atoms with Crippen molar-refractivity contribution in [2.75, 3.05) is 26.2 Å². The summed E-state index contributed by atoms with van der Waals surface area (Å²) in [5.41, 5.74) is -0.00907. The summed E-state index contributed by atoms with van der Waals surface area (Å²) in [6, 6.07) is 0. The largest absolute Gasteiger partial charge is 0.379 e. The summed E-state index contributed by atoms with van der Waals surface area (Å²) in [4.78, 5) is 0. The first-order valence-corrected chi connectivity index (χ1v) is 11.3. The third kappa shape index (κ3) is 11.5. The zero-order valence-electron chi connectivity index (χ0n) is 11.2. The minimum atomic E-state index is -1.04. The Morgan fingerprint density at radius 1 is 1.31 bits per heavy atom. The Balaban J connectivity index is 0. The van der Waals surface area contributed by atoms with Gasteiger partial charge in [-0.05, 0) is 13.8 Å². The van der Waals surface area contributed by atoms with Crippen molar-refractivity contribution in [3.63, 3.8) is 0 Å². The molecule has 3 nitrogen and oxygen atoms in total. The summed E-state index contributed by atoms with van der Waals surface area (Å²) in [7, 11) is 3.35. The molecule has 0 aliphatic rings. The molecule has 0 fully saturated rings. The second-order valence-electron chi connectivity index (χ2n) is 3.93. The predicted molar refractivity (Wildman–Crippen MR) is 83.6 cm³/mol. The molecule has 0 aromatic heterocycles. The van der Waals surface area contributed by atoms with Crippen LogP contribution < -0.4 is 0 Å². The molecule has 0 spiro atoms. The van der Waals surface area contributed by atoms with Gasteiger partial charge in [0.25, 0.3) is 0 Å². The third-order valence-corrected chi connectivity index (χ3v) is 4.89. The van der Waals surface area contributed by atoms with Gasteiger partial charge in [0.05, 0.1) is 5.60 Å². The Bertz CT molecular complexity index is 156. The third-order valence-electron chi connectivity index (χ3n) is 1.77. The Morgan fingerprint density at radius 2 is 1.75 bits per heavy atom. The van der Waals surface area contributed by atoms with E-state index in [9.17, 15) is 0 Å². The van der Waals surface area contributed by atoms with Crippen LogP contribution in [0.2, 0.25) is 6.55 Å². The zero-order valence-corrected chi connectivity index (χ0v) is 16.1. The van der Waals surface area contributed by atoms with E-state index in [1.165, 1.54) is 0 Å². The van der Waals surface area contributed by atoms with E-state index in [-0.39, 0.29) is 11.5 Å². The lowest BCUT2D eigenvalue weighted by Crippen LogP contribution is -2.26. The van der Waals surface area contributed by atoms with Crippen LogP contribution in [0.3, 0.4) is 0 Å². The molecule has 100 valence electrons. The highest BCUT2D eigenvalue weighted by molar-refractivity contribution is 8.10. The molecule has 0 bridgehead atoms. The fourth-order valence-electron chi connectivity index (χ4n) is 0.926. The monoisotopic (exact) mass is 302 g/mol. The molecule has 0 saturated carbocycles. The molecule has 0 aromatic carbocycles. The normalized spacial score (nSPS) is 13.5. The summed E-state index contributed by atoms with van der Waals surface area (Å²) in [6.07, 6.45) is 0.910. The van der Waals surface area contributed by atoms with Crippen LogP contribution in [-0.2, 0) is 14.2 Å². The molecule has 0 saturated heterocycles. The maximum atomic E-state index is 5.36. The molecule has 0 aliphatic carbocycles. The fourth-order valence-corrected chi connectivity index (χ4v) is 3.32. The highest BCUT2D eigenvalue weighted by Crippen LogP contribution is 2.08. The van der Waals surface area contributed by atoms with Crippen LogP contribution in [0.4, 0.5) is 0 Å². The van der Waals surface area contributed by atoms with Crippen molar-refractivity contribution in [2.24, 2.45) is 0 Å². The summed E-state index contributed by atoms with van der Waals surface area (Å²) < 4.78 is 15.2. The average molecular weight is 303 g/mol. The van der Waals surface area contributed by atoms with E-state index in [2.05, 4.69) is 45.1 Å². The van der Waals surface area contributed by atoms with Crippen molar-refractivity contribution >= 4 is 42.9 Å². The van der Waals surface area contributed by atoms with Gasteiger partial charge in [0, 0.05) is 36.4 Å². The first-order chi connectivity index (χ1) is 7.34. The highest BCUT2D eigenvalue weighted by atomic mass is 32.3. The van der Waals surface area contributed by atoms with Gasteiger partial charge in [0.15, 0.2) is 7.95 Å². The van der Waals surface area contributed by atoms with Crippen molar-refractivity contribution < 1.29 is 14.2 Å². The van der Waals surface area contributed by atoms with Crippen LogP contribution in [0.1, 0.15) is 13.8 Å². The van der Waals surface area contributed by atoms with Crippen molar-refractivity contribution in [1.29, 1.82) is 0 Å². The van der Waals surface area contributed by atoms with E-state index < -0.39 is 7.95 Å². The van der Waals surface area contributed by atoms with Gasteiger partial charge in [-0.25, -0.2) is 0 Å². The summed E-state index contributed by atoms with van der Waals surface area (Å²) >= 11 is 8.37. The molecular formula is C9H26O3S2Si2. The summed E-state index contributed by atoms with van der Waals surface area (Å²) in [5.74, 6) is 0.758. The molecule has 7 heteroatoms. The summed E-state index contributed by atoms with van der Waals surface area (Å²) in [6.45, 7) is 6.16. The Kier molecular flexibility index (Phi) is 13.5. The maximum absolute atomic E-state index is 5.36. The van der Waals surface area contributed by atoms with E-state index in [1.807, 2.05) is 0 Å². The topological polar surface area (TPSA) is 27.7 Å². The second kappa shape index (κ2) is 11.1. The van der Waals surface area contributed by atoms with Gasteiger partial charge in [-0.1, -0.05) is 6.55 Å². The molecule has 0 heterocycles. The van der Waals surface area contributed by atoms with Crippen molar-refractivity contribution in [3.8, 4) is 0 Å². The molecule has 1 atom stereocenters. The van der Waals surface area contributed by atoms with Gasteiger partial charge in [-0.15, -0.1) is 0 Å². The molecule has 0 radical (unpaired) electrons. The smallest absolute Gasteiger partial charge is 0.159 e. The first kappa shape index (κ1) is 19.4. The number of rotatable bonds is 6. The average Bonchev–Trinajstić information content (AvgIpc) is 2.20. The maximum Gasteiger partial charge on any atom is 0.159 e. The number of ether oxygens (including phenoxy) is 3. The standard InChI is InChI=1S/C5H14OSSi.C4H12O2SSi/c1-5(2,3-7)6-4-8;1-5-4(6-2)8(3)7/h7H,3-4H2,1-2,8H3;4,7-8H,1-3H3. The van der Waals surface area contributed by atoms with Crippen molar-refractivity contribution in [2.45, 2.75) is 31.9 Å². The van der Waals surface area contributed by atoms with Crippen LogP contribution in [-0.4, -0.2) is 55.9 Å². The highest BCUT2D eigenvalue weighted by Gasteiger charge is 2.13. The Labute approximate surface area is 115 Å². The van der Waals surface area contributed by atoms with Gasteiger partial charge in [0.1, 0.15) is 5.91 Å².